The van der Waals surface area contributed by atoms with Crippen LogP contribution in [0.3, 0.4) is 0 Å². The SMILES string of the molecule is Cn1ccc(B2OCC(C)(C)CO2)cc1=O. The first kappa shape index (κ1) is 11.4. The predicted octanol–water partition coefficient (Wildman–Crippen LogP) is 0.153. The van der Waals surface area contributed by atoms with Crippen LogP contribution < -0.4 is 11.0 Å². The molecule has 5 heteroatoms. The van der Waals surface area contributed by atoms with E-state index >= 15 is 0 Å². The van der Waals surface area contributed by atoms with E-state index in [9.17, 15) is 4.79 Å². The van der Waals surface area contributed by atoms with Gasteiger partial charge in [0.15, 0.2) is 0 Å². The largest absolute Gasteiger partial charge is 0.494 e. The summed E-state index contributed by atoms with van der Waals surface area (Å²) in [6, 6.07) is 3.41. The summed E-state index contributed by atoms with van der Waals surface area (Å²) >= 11 is 0. The second-order valence-electron chi connectivity index (χ2n) is 5.03. The first-order chi connectivity index (χ1) is 7.48. The highest BCUT2D eigenvalue weighted by Gasteiger charge is 2.33. The van der Waals surface area contributed by atoms with Crippen LogP contribution >= 0.6 is 0 Å². The van der Waals surface area contributed by atoms with Gasteiger partial charge in [0.25, 0.3) is 0 Å². The minimum absolute atomic E-state index is 0.0467. The van der Waals surface area contributed by atoms with E-state index in [1.807, 2.05) is 6.07 Å². The third-order valence-electron chi connectivity index (χ3n) is 2.65. The van der Waals surface area contributed by atoms with Crippen molar-refractivity contribution in [2.75, 3.05) is 13.2 Å². The highest BCUT2D eigenvalue weighted by molar-refractivity contribution is 6.61. The third-order valence-corrected chi connectivity index (χ3v) is 2.65. The van der Waals surface area contributed by atoms with E-state index in [2.05, 4.69) is 13.8 Å². The monoisotopic (exact) mass is 221 g/mol. The molecule has 86 valence electrons. The van der Waals surface area contributed by atoms with E-state index in [0.717, 1.165) is 5.46 Å². The predicted molar refractivity (Wildman–Crippen MR) is 62.8 cm³/mol. The van der Waals surface area contributed by atoms with Crippen LogP contribution in [0, 0.1) is 5.41 Å². The molecule has 1 aliphatic rings. The van der Waals surface area contributed by atoms with E-state index < -0.39 is 7.12 Å². The number of aromatic nitrogens is 1. The Morgan fingerprint density at radius 3 is 2.56 bits per heavy atom. The fraction of sp³-hybridized carbons (Fsp3) is 0.545. The average Bonchev–Trinajstić information content (AvgIpc) is 2.22. The van der Waals surface area contributed by atoms with Crippen LogP contribution in [0.25, 0.3) is 0 Å². The highest BCUT2D eigenvalue weighted by Crippen LogP contribution is 2.21. The van der Waals surface area contributed by atoms with Gasteiger partial charge in [0.1, 0.15) is 0 Å². The molecule has 1 fully saturated rings. The van der Waals surface area contributed by atoms with Crippen LogP contribution in [0.4, 0.5) is 0 Å². The molecule has 0 unspecified atom stereocenters. The maximum atomic E-state index is 11.5. The molecule has 0 saturated carbocycles. The van der Waals surface area contributed by atoms with Crippen molar-refractivity contribution < 1.29 is 9.31 Å². The standard InChI is InChI=1S/C11H16BNO3/c1-11(2)7-15-12(16-8-11)9-4-5-13(3)10(14)6-9/h4-6H,7-8H2,1-3H3. The molecule has 1 aromatic rings. The van der Waals surface area contributed by atoms with Gasteiger partial charge in [-0.25, -0.2) is 0 Å². The van der Waals surface area contributed by atoms with Crippen LogP contribution in [0.15, 0.2) is 23.1 Å². The molecule has 0 bridgehead atoms. The quantitative estimate of drug-likeness (QED) is 0.634. The first-order valence-corrected chi connectivity index (χ1v) is 5.38. The minimum atomic E-state index is -0.401. The van der Waals surface area contributed by atoms with Gasteiger partial charge in [-0.15, -0.1) is 0 Å². The van der Waals surface area contributed by atoms with E-state index in [-0.39, 0.29) is 11.0 Å². The Bertz CT molecular complexity index is 431. The van der Waals surface area contributed by atoms with Crippen molar-refractivity contribution in [2.24, 2.45) is 12.5 Å². The van der Waals surface area contributed by atoms with E-state index in [1.165, 1.54) is 4.57 Å². The van der Waals surface area contributed by atoms with Crippen molar-refractivity contribution in [1.82, 2.24) is 4.57 Å². The first-order valence-electron chi connectivity index (χ1n) is 5.38. The van der Waals surface area contributed by atoms with Crippen LogP contribution in [-0.2, 0) is 16.4 Å². The third kappa shape index (κ3) is 2.36. The topological polar surface area (TPSA) is 40.5 Å². The van der Waals surface area contributed by atoms with Crippen LogP contribution in [-0.4, -0.2) is 24.9 Å². The van der Waals surface area contributed by atoms with Crippen molar-refractivity contribution in [3.63, 3.8) is 0 Å². The second kappa shape index (κ2) is 4.07. The molecule has 4 nitrogen and oxygen atoms in total. The van der Waals surface area contributed by atoms with Crippen molar-refractivity contribution >= 4 is 12.6 Å². The van der Waals surface area contributed by atoms with Gasteiger partial charge in [0.05, 0.1) is 0 Å². The highest BCUT2D eigenvalue weighted by atomic mass is 16.6. The van der Waals surface area contributed by atoms with Gasteiger partial charge in [-0.3, -0.25) is 4.79 Å². The van der Waals surface area contributed by atoms with E-state index in [4.69, 9.17) is 9.31 Å². The zero-order chi connectivity index (χ0) is 11.8. The van der Waals surface area contributed by atoms with Crippen LogP contribution in [0.1, 0.15) is 13.8 Å². The fourth-order valence-electron chi connectivity index (χ4n) is 1.60. The molecule has 1 saturated heterocycles. The van der Waals surface area contributed by atoms with Crippen molar-refractivity contribution in [3.8, 4) is 0 Å². The molecule has 0 aliphatic carbocycles. The van der Waals surface area contributed by atoms with Gasteiger partial charge in [0, 0.05) is 37.9 Å². The van der Waals surface area contributed by atoms with Gasteiger partial charge >= 0.3 is 7.12 Å². The Morgan fingerprint density at radius 1 is 1.38 bits per heavy atom. The zero-order valence-corrected chi connectivity index (χ0v) is 9.90. The summed E-state index contributed by atoms with van der Waals surface area (Å²) in [5.74, 6) is 0. The molecule has 0 N–H and O–H groups in total. The number of aryl methyl sites for hydroxylation is 1. The average molecular weight is 221 g/mol. The molecule has 0 aromatic carbocycles. The molecule has 0 atom stereocenters. The Morgan fingerprint density at radius 2 is 2.00 bits per heavy atom. The molecule has 16 heavy (non-hydrogen) atoms. The molecule has 0 spiro atoms. The van der Waals surface area contributed by atoms with E-state index in [1.54, 1.807) is 19.3 Å². The molecular weight excluding hydrogens is 205 g/mol. The van der Waals surface area contributed by atoms with Gasteiger partial charge in [0.2, 0.25) is 5.56 Å². The minimum Gasteiger partial charge on any atom is -0.407 e. The van der Waals surface area contributed by atoms with Crippen LogP contribution in [0.5, 0.6) is 0 Å². The van der Waals surface area contributed by atoms with Gasteiger partial charge in [-0.2, -0.15) is 0 Å². The number of hydrogen-bond acceptors (Lipinski definition) is 3. The van der Waals surface area contributed by atoms with Crippen molar-refractivity contribution in [3.05, 3.63) is 28.7 Å². The number of nitrogens with zero attached hydrogens (tertiary/aromatic N) is 1. The van der Waals surface area contributed by atoms with Crippen molar-refractivity contribution in [2.45, 2.75) is 13.8 Å². The summed E-state index contributed by atoms with van der Waals surface area (Å²) in [6.45, 7) is 5.47. The second-order valence-corrected chi connectivity index (χ2v) is 5.03. The molecular formula is C11H16BNO3. The zero-order valence-electron chi connectivity index (χ0n) is 9.90. The van der Waals surface area contributed by atoms with Crippen molar-refractivity contribution in [1.29, 1.82) is 0 Å². The lowest BCUT2D eigenvalue weighted by atomic mass is 9.76. The van der Waals surface area contributed by atoms with E-state index in [0.29, 0.717) is 13.2 Å². The number of rotatable bonds is 1. The summed E-state index contributed by atoms with van der Waals surface area (Å²) < 4.78 is 12.7. The molecule has 0 amide bonds. The molecule has 0 radical (unpaired) electrons. The summed E-state index contributed by atoms with van der Waals surface area (Å²) in [5.41, 5.74) is 0.795. The maximum absolute atomic E-state index is 11.5. The van der Waals surface area contributed by atoms with Gasteiger partial charge in [-0.05, 0) is 11.5 Å². The fourth-order valence-corrected chi connectivity index (χ4v) is 1.60. The Labute approximate surface area is 95.3 Å². The lowest BCUT2D eigenvalue weighted by Crippen LogP contribution is -2.48. The lowest BCUT2D eigenvalue weighted by molar-refractivity contribution is 0.0343. The summed E-state index contributed by atoms with van der Waals surface area (Å²) in [4.78, 5) is 11.5. The Kier molecular flexibility index (Phi) is 2.91. The molecule has 2 rings (SSSR count). The number of hydrogen-bond donors (Lipinski definition) is 0. The van der Waals surface area contributed by atoms with Gasteiger partial charge < -0.3 is 13.9 Å². The molecule has 1 aromatic heterocycles. The van der Waals surface area contributed by atoms with Crippen LogP contribution in [0.2, 0.25) is 0 Å². The normalized spacial score (nSPS) is 19.8. The summed E-state index contributed by atoms with van der Waals surface area (Å²) in [6.07, 6.45) is 1.73. The summed E-state index contributed by atoms with van der Waals surface area (Å²) in [7, 11) is 1.32. The summed E-state index contributed by atoms with van der Waals surface area (Å²) in [5, 5.41) is 0. The Balaban J connectivity index is 2.14. The Hall–Kier alpha value is -1.07. The van der Waals surface area contributed by atoms with Gasteiger partial charge in [-0.1, -0.05) is 13.8 Å². The number of pyridine rings is 1. The lowest BCUT2D eigenvalue weighted by Gasteiger charge is -2.33. The maximum Gasteiger partial charge on any atom is 0.494 e. The smallest absolute Gasteiger partial charge is 0.407 e. The molecule has 2 heterocycles. The molecule has 1 aliphatic heterocycles.